The Labute approximate surface area is 143 Å². The van der Waals surface area contributed by atoms with Crippen molar-refractivity contribution >= 4 is 21.8 Å². The molecule has 1 amide bonds. The maximum atomic E-state index is 12.5. The fourth-order valence-electron chi connectivity index (χ4n) is 2.52. The van der Waals surface area contributed by atoms with Gasteiger partial charge in [-0.05, 0) is 56.3 Å². The molecule has 0 spiro atoms. The lowest BCUT2D eigenvalue weighted by molar-refractivity contribution is 0.0926. The van der Waals surface area contributed by atoms with E-state index in [-0.39, 0.29) is 11.9 Å². The molecule has 1 aromatic heterocycles. The Kier molecular flexibility index (Phi) is 5.25. The molecule has 2 heterocycles. The largest absolute Gasteiger partial charge is 0.438 e. The molecular weight excluding hydrogens is 358 g/mol. The van der Waals surface area contributed by atoms with Crippen LogP contribution in [0.1, 0.15) is 23.2 Å². The topological polar surface area (TPSA) is 63.2 Å². The number of pyridine rings is 1. The fraction of sp³-hybridized carbons (Fsp3) is 0.294. The second-order valence-corrected chi connectivity index (χ2v) is 6.33. The molecule has 0 atom stereocenters. The van der Waals surface area contributed by atoms with E-state index >= 15 is 0 Å². The number of amides is 1. The number of nitrogens with zero attached hydrogens (tertiary/aromatic N) is 1. The van der Waals surface area contributed by atoms with E-state index in [2.05, 4.69) is 31.5 Å². The van der Waals surface area contributed by atoms with Crippen molar-refractivity contribution in [3.8, 4) is 11.6 Å². The van der Waals surface area contributed by atoms with Crippen LogP contribution in [0.4, 0.5) is 0 Å². The molecule has 5 nitrogen and oxygen atoms in total. The van der Waals surface area contributed by atoms with Crippen LogP contribution in [0.5, 0.6) is 11.6 Å². The summed E-state index contributed by atoms with van der Waals surface area (Å²) in [5, 5.41) is 6.35. The highest BCUT2D eigenvalue weighted by Crippen LogP contribution is 2.25. The standard InChI is InChI=1S/C17H18BrN3O2/c18-12-3-1-4-14(11-12)23-17-15(5-2-8-20-17)16(22)21-13-6-9-19-10-7-13/h1-5,8,11,13,19H,6-7,9-10H2,(H,21,22). The first-order chi connectivity index (χ1) is 11.2. The van der Waals surface area contributed by atoms with Gasteiger partial charge in [0.2, 0.25) is 5.88 Å². The third-order valence-corrected chi connectivity index (χ3v) is 4.19. The first-order valence-electron chi connectivity index (χ1n) is 7.62. The molecule has 2 N–H and O–H groups in total. The van der Waals surface area contributed by atoms with Crippen LogP contribution in [0.25, 0.3) is 0 Å². The van der Waals surface area contributed by atoms with Crippen LogP contribution < -0.4 is 15.4 Å². The lowest BCUT2D eigenvalue weighted by atomic mass is 10.1. The summed E-state index contributed by atoms with van der Waals surface area (Å²) in [5.74, 6) is 0.807. The lowest BCUT2D eigenvalue weighted by Gasteiger charge is -2.23. The number of hydrogen-bond acceptors (Lipinski definition) is 4. The summed E-state index contributed by atoms with van der Waals surface area (Å²) >= 11 is 3.40. The van der Waals surface area contributed by atoms with Gasteiger partial charge in [-0.15, -0.1) is 0 Å². The lowest BCUT2D eigenvalue weighted by Crippen LogP contribution is -2.42. The Balaban J connectivity index is 1.75. The molecule has 120 valence electrons. The SMILES string of the molecule is O=C(NC1CCNCC1)c1cccnc1Oc1cccc(Br)c1. The number of ether oxygens (including phenoxy) is 1. The quantitative estimate of drug-likeness (QED) is 0.861. The minimum Gasteiger partial charge on any atom is -0.438 e. The normalized spacial score (nSPS) is 15.2. The van der Waals surface area contributed by atoms with E-state index in [9.17, 15) is 4.79 Å². The number of nitrogens with one attached hydrogen (secondary N) is 2. The first kappa shape index (κ1) is 16.0. The van der Waals surface area contributed by atoms with Crippen LogP contribution >= 0.6 is 15.9 Å². The fourth-order valence-corrected chi connectivity index (χ4v) is 2.89. The van der Waals surface area contributed by atoms with Gasteiger partial charge in [0.1, 0.15) is 11.3 Å². The molecule has 6 heteroatoms. The highest BCUT2D eigenvalue weighted by molar-refractivity contribution is 9.10. The van der Waals surface area contributed by atoms with E-state index < -0.39 is 0 Å². The summed E-state index contributed by atoms with van der Waals surface area (Å²) < 4.78 is 6.70. The number of benzene rings is 1. The Hall–Kier alpha value is -1.92. The number of carbonyl (C=O) groups is 1. The van der Waals surface area contributed by atoms with Gasteiger partial charge in [-0.3, -0.25) is 4.79 Å². The van der Waals surface area contributed by atoms with Gasteiger partial charge >= 0.3 is 0 Å². The highest BCUT2D eigenvalue weighted by Gasteiger charge is 2.19. The Bertz CT molecular complexity index is 687. The van der Waals surface area contributed by atoms with Crippen LogP contribution in [0.15, 0.2) is 47.1 Å². The van der Waals surface area contributed by atoms with E-state index in [1.165, 1.54) is 0 Å². The smallest absolute Gasteiger partial charge is 0.257 e. The van der Waals surface area contributed by atoms with Crippen molar-refractivity contribution in [2.45, 2.75) is 18.9 Å². The van der Waals surface area contributed by atoms with E-state index in [1.807, 2.05) is 24.3 Å². The molecule has 0 bridgehead atoms. The summed E-state index contributed by atoms with van der Waals surface area (Å²) in [6.45, 7) is 1.86. The van der Waals surface area contributed by atoms with Gasteiger partial charge in [-0.25, -0.2) is 4.98 Å². The molecular formula is C17H18BrN3O2. The van der Waals surface area contributed by atoms with Crippen molar-refractivity contribution in [1.82, 2.24) is 15.6 Å². The minimum absolute atomic E-state index is 0.144. The molecule has 0 radical (unpaired) electrons. The number of piperidine rings is 1. The zero-order valence-electron chi connectivity index (χ0n) is 12.6. The van der Waals surface area contributed by atoms with Gasteiger partial charge in [0.05, 0.1) is 0 Å². The number of carbonyl (C=O) groups excluding carboxylic acids is 1. The van der Waals surface area contributed by atoms with Gasteiger partial charge in [-0.2, -0.15) is 0 Å². The second kappa shape index (κ2) is 7.57. The number of rotatable bonds is 4. The number of aromatic nitrogens is 1. The number of halogens is 1. The van der Waals surface area contributed by atoms with E-state index in [0.29, 0.717) is 17.2 Å². The molecule has 1 saturated heterocycles. The summed E-state index contributed by atoms with van der Waals surface area (Å²) in [7, 11) is 0. The van der Waals surface area contributed by atoms with Crippen molar-refractivity contribution in [3.05, 3.63) is 52.6 Å². The second-order valence-electron chi connectivity index (χ2n) is 5.41. The van der Waals surface area contributed by atoms with Crippen molar-refractivity contribution in [2.24, 2.45) is 0 Å². The van der Waals surface area contributed by atoms with E-state index in [1.54, 1.807) is 18.3 Å². The van der Waals surface area contributed by atoms with Crippen molar-refractivity contribution in [3.63, 3.8) is 0 Å². The Morgan fingerprint density at radius 3 is 2.87 bits per heavy atom. The zero-order valence-corrected chi connectivity index (χ0v) is 14.2. The maximum Gasteiger partial charge on any atom is 0.257 e. The predicted octanol–water partition coefficient (Wildman–Crippen LogP) is 3.12. The van der Waals surface area contributed by atoms with E-state index in [0.717, 1.165) is 30.4 Å². The predicted molar refractivity (Wildman–Crippen MR) is 91.8 cm³/mol. The Morgan fingerprint density at radius 2 is 2.09 bits per heavy atom. The number of hydrogen-bond donors (Lipinski definition) is 2. The van der Waals surface area contributed by atoms with Gasteiger partial charge in [0, 0.05) is 16.7 Å². The summed E-state index contributed by atoms with van der Waals surface area (Å²) in [6.07, 6.45) is 3.50. The summed E-state index contributed by atoms with van der Waals surface area (Å²) in [6, 6.07) is 11.1. The molecule has 0 saturated carbocycles. The molecule has 1 aliphatic heterocycles. The average Bonchev–Trinajstić information content (AvgIpc) is 2.56. The minimum atomic E-state index is -0.144. The van der Waals surface area contributed by atoms with Crippen LogP contribution in [0.2, 0.25) is 0 Å². The zero-order chi connectivity index (χ0) is 16.1. The first-order valence-corrected chi connectivity index (χ1v) is 8.42. The molecule has 1 aromatic carbocycles. The van der Waals surface area contributed by atoms with Crippen molar-refractivity contribution in [2.75, 3.05) is 13.1 Å². The van der Waals surface area contributed by atoms with Crippen LogP contribution in [0.3, 0.4) is 0 Å². The average molecular weight is 376 g/mol. The molecule has 0 unspecified atom stereocenters. The van der Waals surface area contributed by atoms with Gasteiger partial charge in [-0.1, -0.05) is 22.0 Å². The third-order valence-electron chi connectivity index (χ3n) is 3.70. The molecule has 0 aliphatic carbocycles. The van der Waals surface area contributed by atoms with Crippen LogP contribution in [0, 0.1) is 0 Å². The van der Waals surface area contributed by atoms with Crippen molar-refractivity contribution < 1.29 is 9.53 Å². The Morgan fingerprint density at radius 1 is 1.26 bits per heavy atom. The third kappa shape index (κ3) is 4.30. The van der Waals surface area contributed by atoms with E-state index in [4.69, 9.17) is 4.74 Å². The molecule has 3 rings (SSSR count). The summed E-state index contributed by atoms with van der Waals surface area (Å²) in [4.78, 5) is 16.7. The van der Waals surface area contributed by atoms with Crippen LogP contribution in [-0.4, -0.2) is 30.0 Å². The van der Waals surface area contributed by atoms with Crippen molar-refractivity contribution in [1.29, 1.82) is 0 Å². The summed E-state index contributed by atoms with van der Waals surface area (Å²) in [5.41, 5.74) is 0.450. The molecule has 2 aromatic rings. The maximum absolute atomic E-state index is 12.5. The molecule has 23 heavy (non-hydrogen) atoms. The van der Waals surface area contributed by atoms with Gasteiger partial charge < -0.3 is 15.4 Å². The van der Waals surface area contributed by atoms with Gasteiger partial charge in [0.25, 0.3) is 5.91 Å². The monoisotopic (exact) mass is 375 g/mol. The molecule has 1 fully saturated rings. The van der Waals surface area contributed by atoms with Gasteiger partial charge in [0.15, 0.2) is 0 Å². The van der Waals surface area contributed by atoms with Crippen LogP contribution in [-0.2, 0) is 0 Å². The molecule has 1 aliphatic rings. The highest BCUT2D eigenvalue weighted by atomic mass is 79.9.